The predicted octanol–water partition coefficient (Wildman–Crippen LogP) is 3.83. The Morgan fingerprint density at radius 1 is 1.21 bits per heavy atom. The van der Waals surface area contributed by atoms with Gasteiger partial charge >= 0.3 is 0 Å². The highest BCUT2D eigenvalue weighted by atomic mass is 127. The Bertz CT molecular complexity index is 563. The third kappa shape index (κ3) is 9.93. The maximum absolute atomic E-state index is 5.75. The van der Waals surface area contributed by atoms with E-state index < -0.39 is 0 Å². The number of guanidine groups is 1. The van der Waals surface area contributed by atoms with Crippen LogP contribution >= 0.6 is 24.0 Å². The first-order chi connectivity index (χ1) is 13.2. The third-order valence-corrected chi connectivity index (χ3v) is 4.90. The van der Waals surface area contributed by atoms with Crippen molar-refractivity contribution in [1.29, 1.82) is 0 Å². The lowest BCUT2D eigenvalue weighted by Crippen LogP contribution is -2.36. The van der Waals surface area contributed by atoms with E-state index in [0.717, 1.165) is 49.2 Å². The number of likely N-dealkylation sites (tertiary alicyclic amines) is 1. The van der Waals surface area contributed by atoms with Gasteiger partial charge in [0.15, 0.2) is 5.96 Å². The highest BCUT2D eigenvalue weighted by Crippen LogP contribution is 2.18. The summed E-state index contributed by atoms with van der Waals surface area (Å²) >= 11 is 0. The Hall–Kier alpha value is -1.06. The molecular weight excluding hydrogens is 467 g/mol. The summed E-state index contributed by atoms with van der Waals surface area (Å²) in [4.78, 5) is 6.89. The minimum absolute atomic E-state index is 0. The molecule has 1 aromatic rings. The normalized spacial score (nSPS) is 15.8. The molecule has 0 radical (unpaired) electrons. The van der Waals surface area contributed by atoms with Crippen molar-refractivity contribution < 1.29 is 9.47 Å². The van der Waals surface area contributed by atoms with Crippen molar-refractivity contribution in [2.75, 3.05) is 58.9 Å². The number of piperidine rings is 1. The molecule has 0 amide bonds. The second-order valence-electron chi connectivity index (χ2n) is 7.22. The molecule has 2 rings (SSSR count). The van der Waals surface area contributed by atoms with E-state index in [4.69, 9.17) is 9.47 Å². The van der Waals surface area contributed by atoms with Crippen LogP contribution in [0.4, 0.5) is 5.69 Å². The second kappa shape index (κ2) is 14.9. The largest absolute Gasteiger partial charge is 0.493 e. The molecule has 1 aromatic carbocycles. The van der Waals surface area contributed by atoms with Crippen LogP contribution in [-0.2, 0) is 4.74 Å². The van der Waals surface area contributed by atoms with Gasteiger partial charge in [-0.2, -0.15) is 0 Å². The molecule has 0 aromatic heterocycles. The predicted molar refractivity (Wildman–Crippen MR) is 128 cm³/mol. The topological polar surface area (TPSA) is 58.1 Å². The Labute approximate surface area is 187 Å². The number of hydrogen-bond donors (Lipinski definition) is 2. The SMILES string of the molecule is CN=C(NCCCN1CCC(C)CC1)Nc1cccc(OCCCOC)c1.I. The number of benzene rings is 1. The number of nitrogens with one attached hydrogen (secondary N) is 2. The Morgan fingerprint density at radius 3 is 2.71 bits per heavy atom. The van der Waals surface area contributed by atoms with Crippen LogP contribution in [0.25, 0.3) is 0 Å². The van der Waals surface area contributed by atoms with E-state index in [1.54, 1.807) is 14.2 Å². The summed E-state index contributed by atoms with van der Waals surface area (Å²) in [6.45, 7) is 8.27. The minimum atomic E-state index is 0. The maximum Gasteiger partial charge on any atom is 0.195 e. The molecule has 160 valence electrons. The van der Waals surface area contributed by atoms with E-state index in [0.29, 0.717) is 13.2 Å². The van der Waals surface area contributed by atoms with Crippen LogP contribution in [0.15, 0.2) is 29.3 Å². The molecule has 0 bridgehead atoms. The van der Waals surface area contributed by atoms with Crippen LogP contribution in [0.2, 0.25) is 0 Å². The van der Waals surface area contributed by atoms with Gasteiger partial charge in [-0.3, -0.25) is 4.99 Å². The van der Waals surface area contributed by atoms with Crippen LogP contribution in [0.1, 0.15) is 32.6 Å². The second-order valence-corrected chi connectivity index (χ2v) is 7.22. The number of anilines is 1. The zero-order valence-electron chi connectivity index (χ0n) is 17.6. The lowest BCUT2D eigenvalue weighted by atomic mass is 9.99. The van der Waals surface area contributed by atoms with E-state index in [1.807, 2.05) is 24.3 Å². The Balaban J connectivity index is 0.00000392. The molecule has 28 heavy (non-hydrogen) atoms. The van der Waals surface area contributed by atoms with E-state index in [2.05, 4.69) is 27.4 Å². The Kier molecular flexibility index (Phi) is 13.3. The summed E-state index contributed by atoms with van der Waals surface area (Å²) in [6, 6.07) is 7.96. The highest BCUT2D eigenvalue weighted by molar-refractivity contribution is 14.0. The molecule has 0 atom stereocenters. The van der Waals surface area contributed by atoms with Gasteiger partial charge < -0.3 is 25.0 Å². The smallest absolute Gasteiger partial charge is 0.195 e. The fraction of sp³-hybridized carbons (Fsp3) is 0.667. The summed E-state index contributed by atoms with van der Waals surface area (Å²) in [5.74, 6) is 2.53. The monoisotopic (exact) mass is 504 g/mol. The van der Waals surface area contributed by atoms with Crippen molar-refractivity contribution in [2.24, 2.45) is 10.9 Å². The van der Waals surface area contributed by atoms with Crippen LogP contribution in [0, 0.1) is 5.92 Å². The fourth-order valence-electron chi connectivity index (χ4n) is 3.17. The maximum atomic E-state index is 5.75. The molecule has 2 N–H and O–H groups in total. The van der Waals surface area contributed by atoms with Gasteiger partial charge in [0.2, 0.25) is 0 Å². The quantitative estimate of drug-likeness (QED) is 0.220. The first-order valence-corrected chi connectivity index (χ1v) is 10.1. The van der Waals surface area contributed by atoms with E-state index in [-0.39, 0.29) is 24.0 Å². The molecule has 1 fully saturated rings. The lowest BCUT2D eigenvalue weighted by Gasteiger charge is -2.30. The summed E-state index contributed by atoms with van der Waals surface area (Å²) < 4.78 is 10.8. The number of halogens is 1. The number of nitrogens with zero attached hydrogens (tertiary/aromatic N) is 2. The van der Waals surface area contributed by atoms with Gasteiger partial charge in [-0.05, 0) is 56.9 Å². The number of methoxy groups -OCH3 is 1. The lowest BCUT2D eigenvalue weighted by molar-refractivity contribution is 0.172. The van der Waals surface area contributed by atoms with Crippen LogP contribution in [0.5, 0.6) is 5.75 Å². The number of rotatable bonds is 10. The van der Waals surface area contributed by atoms with Crippen molar-refractivity contribution >= 4 is 35.6 Å². The van der Waals surface area contributed by atoms with Crippen LogP contribution in [0.3, 0.4) is 0 Å². The molecule has 1 aliphatic heterocycles. The number of hydrogen-bond acceptors (Lipinski definition) is 4. The van der Waals surface area contributed by atoms with Gasteiger partial charge in [0.1, 0.15) is 5.75 Å². The third-order valence-electron chi connectivity index (χ3n) is 4.90. The average Bonchev–Trinajstić information content (AvgIpc) is 2.69. The van der Waals surface area contributed by atoms with Gasteiger partial charge in [-0.1, -0.05) is 13.0 Å². The number of aliphatic imine (C=N–C) groups is 1. The van der Waals surface area contributed by atoms with Crippen LogP contribution < -0.4 is 15.4 Å². The molecule has 0 spiro atoms. The van der Waals surface area contributed by atoms with E-state index >= 15 is 0 Å². The van der Waals surface area contributed by atoms with Crippen molar-refractivity contribution in [3.05, 3.63) is 24.3 Å². The first-order valence-electron chi connectivity index (χ1n) is 10.1. The van der Waals surface area contributed by atoms with Gasteiger partial charge in [0.05, 0.1) is 6.61 Å². The summed E-state index contributed by atoms with van der Waals surface area (Å²) in [5.41, 5.74) is 0.970. The van der Waals surface area contributed by atoms with Crippen molar-refractivity contribution in [3.8, 4) is 5.75 Å². The van der Waals surface area contributed by atoms with Gasteiger partial charge in [0, 0.05) is 45.5 Å². The van der Waals surface area contributed by atoms with Gasteiger partial charge in [-0.25, -0.2) is 0 Å². The fourth-order valence-corrected chi connectivity index (χ4v) is 3.17. The van der Waals surface area contributed by atoms with E-state index in [1.165, 1.54) is 25.9 Å². The van der Waals surface area contributed by atoms with Crippen molar-refractivity contribution in [2.45, 2.75) is 32.6 Å². The van der Waals surface area contributed by atoms with Crippen molar-refractivity contribution in [3.63, 3.8) is 0 Å². The number of ether oxygens (including phenoxy) is 2. The summed E-state index contributed by atoms with van der Waals surface area (Å²) in [5, 5.41) is 6.74. The standard InChI is InChI=1S/C21H36N4O2.HI/c1-18-9-13-25(14-10-18)12-5-11-23-21(22-2)24-19-7-4-8-20(17-19)27-16-6-15-26-3;/h4,7-8,17-18H,5-6,9-16H2,1-3H3,(H2,22,23,24);1H. The molecule has 1 saturated heterocycles. The zero-order chi connectivity index (χ0) is 19.3. The molecule has 1 heterocycles. The Morgan fingerprint density at radius 2 is 2.00 bits per heavy atom. The summed E-state index contributed by atoms with van der Waals surface area (Å²) in [6.07, 6.45) is 4.67. The summed E-state index contributed by atoms with van der Waals surface area (Å²) in [7, 11) is 3.50. The highest BCUT2D eigenvalue weighted by Gasteiger charge is 2.14. The molecule has 0 aliphatic carbocycles. The molecule has 7 heteroatoms. The molecule has 1 aliphatic rings. The molecule has 0 saturated carbocycles. The van der Waals surface area contributed by atoms with Crippen LogP contribution in [-0.4, -0.2) is 64.4 Å². The van der Waals surface area contributed by atoms with Gasteiger partial charge in [-0.15, -0.1) is 24.0 Å². The minimum Gasteiger partial charge on any atom is -0.493 e. The van der Waals surface area contributed by atoms with E-state index in [9.17, 15) is 0 Å². The van der Waals surface area contributed by atoms with Gasteiger partial charge in [0.25, 0.3) is 0 Å². The zero-order valence-corrected chi connectivity index (χ0v) is 19.9. The van der Waals surface area contributed by atoms with Crippen molar-refractivity contribution in [1.82, 2.24) is 10.2 Å². The first kappa shape index (κ1) is 25.0. The molecular formula is C21H37IN4O2. The average molecular weight is 504 g/mol. The molecule has 6 nitrogen and oxygen atoms in total. The molecule has 0 unspecified atom stereocenters.